The molecule has 0 saturated heterocycles. The van der Waals surface area contributed by atoms with E-state index in [4.69, 9.17) is 0 Å². The van der Waals surface area contributed by atoms with Crippen LogP contribution in [0.5, 0.6) is 0 Å². The summed E-state index contributed by atoms with van der Waals surface area (Å²) in [6, 6.07) is 8.27. The first-order valence-corrected chi connectivity index (χ1v) is 11.2. The molecule has 28 heavy (non-hydrogen) atoms. The highest BCUT2D eigenvalue weighted by molar-refractivity contribution is 7.99. The SMILES string of the molecule is Cc1sc2nc(CSC(C)C(=O)N3c4ccccc4CC3C)[nH]c(=O)c2c1C. The summed E-state index contributed by atoms with van der Waals surface area (Å²) in [5.41, 5.74) is 3.15. The molecule has 0 fully saturated rings. The van der Waals surface area contributed by atoms with Gasteiger partial charge in [0.2, 0.25) is 5.91 Å². The van der Waals surface area contributed by atoms with E-state index in [1.165, 1.54) is 17.3 Å². The molecule has 0 radical (unpaired) electrons. The van der Waals surface area contributed by atoms with Crippen molar-refractivity contribution in [1.29, 1.82) is 0 Å². The van der Waals surface area contributed by atoms with Gasteiger partial charge in [-0.3, -0.25) is 9.59 Å². The Labute approximate surface area is 172 Å². The summed E-state index contributed by atoms with van der Waals surface area (Å²) in [5, 5.41) is 0.462. The van der Waals surface area contributed by atoms with Gasteiger partial charge < -0.3 is 9.88 Å². The number of aryl methyl sites for hydroxylation is 2. The number of rotatable bonds is 4. The normalized spacial score (nSPS) is 17.1. The average molecular weight is 414 g/mol. The predicted molar refractivity (Wildman–Crippen MR) is 118 cm³/mol. The molecule has 1 aliphatic heterocycles. The number of fused-ring (bicyclic) bond motifs is 2. The van der Waals surface area contributed by atoms with Gasteiger partial charge in [-0.05, 0) is 51.3 Å². The number of thioether (sulfide) groups is 1. The summed E-state index contributed by atoms with van der Waals surface area (Å²) in [6.07, 6.45) is 0.891. The van der Waals surface area contributed by atoms with Gasteiger partial charge in [0.1, 0.15) is 10.7 Å². The highest BCUT2D eigenvalue weighted by Gasteiger charge is 2.33. The second-order valence-electron chi connectivity index (χ2n) is 7.32. The number of carbonyl (C=O) groups excluding carboxylic acids is 1. The summed E-state index contributed by atoms with van der Waals surface area (Å²) < 4.78 is 0. The minimum absolute atomic E-state index is 0.0940. The summed E-state index contributed by atoms with van der Waals surface area (Å²) in [7, 11) is 0. The molecule has 1 amide bonds. The smallest absolute Gasteiger partial charge is 0.259 e. The molecule has 2 unspecified atom stereocenters. The van der Waals surface area contributed by atoms with Crippen LogP contribution in [-0.2, 0) is 17.0 Å². The number of amides is 1. The topological polar surface area (TPSA) is 66.1 Å². The molecule has 3 aromatic rings. The third-order valence-electron chi connectivity index (χ3n) is 5.35. The van der Waals surface area contributed by atoms with Crippen LogP contribution in [0.4, 0.5) is 5.69 Å². The van der Waals surface area contributed by atoms with E-state index in [9.17, 15) is 9.59 Å². The van der Waals surface area contributed by atoms with Crippen molar-refractivity contribution in [1.82, 2.24) is 9.97 Å². The van der Waals surface area contributed by atoms with Crippen molar-refractivity contribution >= 4 is 44.9 Å². The molecule has 0 bridgehead atoms. The van der Waals surface area contributed by atoms with Gasteiger partial charge in [0, 0.05) is 16.6 Å². The van der Waals surface area contributed by atoms with Crippen molar-refractivity contribution in [3.05, 3.63) is 56.4 Å². The molecule has 1 N–H and O–H groups in total. The number of aromatic amines is 1. The highest BCUT2D eigenvalue weighted by Crippen LogP contribution is 2.34. The summed E-state index contributed by atoms with van der Waals surface area (Å²) in [4.78, 5) is 36.8. The van der Waals surface area contributed by atoms with Gasteiger partial charge >= 0.3 is 0 Å². The molecule has 1 aromatic carbocycles. The number of aromatic nitrogens is 2. The zero-order valence-corrected chi connectivity index (χ0v) is 18.0. The standard InChI is InChI=1S/C21H23N3O2S2/c1-11-9-15-7-5-6-8-16(15)24(11)21(26)14(4)27-10-17-22-19(25)18-12(2)13(3)28-20(18)23-17/h5-8,11,14H,9-10H2,1-4H3,(H,22,23,25). The summed E-state index contributed by atoms with van der Waals surface area (Å²) >= 11 is 3.06. The first-order valence-electron chi connectivity index (χ1n) is 9.38. The van der Waals surface area contributed by atoms with E-state index in [1.54, 1.807) is 11.3 Å². The van der Waals surface area contributed by atoms with Crippen LogP contribution in [0.1, 0.15) is 35.7 Å². The second-order valence-corrected chi connectivity index (χ2v) is 9.85. The fourth-order valence-electron chi connectivity index (χ4n) is 3.74. The molecule has 1 aliphatic rings. The Kier molecular flexibility index (Phi) is 5.05. The zero-order valence-electron chi connectivity index (χ0n) is 16.4. The Morgan fingerprint density at radius 1 is 1.39 bits per heavy atom. The van der Waals surface area contributed by atoms with Gasteiger partial charge in [0.25, 0.3) is 5.56 Å². The van der Waals surface area contributed by atoms with E-state index in [1.807, 2.05) is 43.9 Å². The number of para-hydroxylation sites is 1. The number of anilines is 1. The van der Waals surface area contributed by atoms with Gasteiger partial charge in [0.05, 0.1) is 16.4 Å². The molecule has 4 rings (SSSR count). The van der Waals surface area contributed by atoms with E-state index < -0.39 is 0 Å². The van der Waals surface area contributed by atoms with Crippen LogP contribution in [0.25, 0.3) is 10.2 Å². The molecule has 7 heteroatoms. The molecule has 146 valence electrons. The van der Waals surface area contributed by atoms with Gasteiger partial charge in [-0.2, -0.15) is 0 Å². The number of nitrogens with zero attached hydrogens (tertiary/aromatic N) is 2. The van der Waals surface area contributed by atoms with Crippen molar-refractivity contribution in [3.8, 4) is 0 Å². The van der Waals surface area contributed by atoms with Crippen LogP contribution in [0, 0.1) is 13.8 Å². The van der Waals surface area contributed by atoms with Gasteiger partial charge in [-0.25, -0.2) is 4.98 Å². The predicted octanol–water partition coefficient (Wildman–Crippen LogP) is 4.20. The van der Waals surface area contributed by atoms with E-state index in [-0.39, 0.29) is 22.8 Å². The minimum Gasteiger partial charge on any atom is -0.309 e. The van der Waals surface area contributed by atoms with Crippen LogP contribution < -0.4 is 10.5 Å². The van der Waals surface area contributed by atoms with Crippen LogP contribution in [0.15, 0.2) is 29.1 Å². The Balaban J connectivity index is 1.50. The highest BCUT2D eigenvalue weighted by atomic mass is 32.2. The molecule has 2 aromatic heterocycles. The van der Waals surface area contributed by atoms with E-state index in [2.05, 4.69) is 23.0 Å². The first-order chi connectivity index (χ1) is 13.4. The van der Waals surface area contributed by atoms with Crippen molar-refractivity contribution in [2.24, 2.45) is 0 Å². The van der Waals surface area contributed by atoms with E-state index in [0.29, 0.717) is 17.0 Å². The maximum atomic E-state index is 13.1. The third kappa shape index (κ3) is 3.26. The van der Waals surface area contributed by atoms with Crippen LogP contribution >= 0.6 is 23.1 Å². The number of hydrogen-bond donors (Lipinski definition) is 1. The van der Waals surface area contributed by atoms with Crippen molar-refractivity contribution in [2.75, 3.05) is 4.90 Å². The number of carbonyl (C=O) groups is 1. The number of nitrogens with one attached hydrogen (secondary N) is 1. The summed E-state index contributed by atoms with van der Waals surface area (Å²) in [5.74, 6) is 1.23. The van der Waals surface area contributed by atoms with E-state index >= 15 is 0 Å². The Morgan fingerprint density at radius 2 is 2.14 bits per heavy atom. The largest absolute Gasteiger partial charge is 0.309 e. The monoisotopic (exact) mass is 413 g/mol. The first kappa shape index (κ1) is 19.2. The molecule has 0 aliphatic carbocycles. The average Bonchev–Trinajstić information content (AvgIpc) is 3.14. The lowest BCUT2D eigenvalue weighted by Gasteiger charge is -2.25. The lowest BCUT2D eigenvalue weighted by molar-refractivity contribution is -0.118. The Hall–Kier alpha value is -2.12. The molecule has 2 atom stereocenters. The van der Waals surface area contributed by atoms with Gasteiger partial charge in [0.15, 0.2) is 0 Å². The quantitative estimate of drug-likeness (QED) is 0.696. The lowest BCUT2D eigenvalue weighted by atomic mass is 10.1. The second kappa shape index (κ2) is 7.37. The molecular weight excluding hydrogens is 390 g/mol. The number of H-pyrrole nitrogens is 1. The molecular formula is C21H23N3O2S2. The summed E-state index contributed by atoms with van der Waals surface area (Å²) in [6.45, 7) is 7.97. The van der Waals surface area contributed by atoms with Crippen molar-refractivity contribution < 1.29 is 4.79 Å². The Bertz CT molecular complexity index is 1120. The van der Waals surface area contributed by atoms with E-state index in [0.717, 1.165) is 27.4 Å². The third-order valence-corrected chi connectivity index (χ3v) is 7.59. The van der Waals surface area contributed by atoms with Crippen molar-refractivity contribution in [2.45, 2.75) is 51.2 Å². The fourth-order valence-corrected chi connectivity index (χ4v) is 5.59. The zero-order chi connectivity index (χ0) is 20.0. The number of benzene rings is 1. The number of thiophene rings is 1. The number of hydrogen-bond acceptors (Lipinski definition) is 5. The molecule has 5 nitrogen and oxygen atoms in total. The Morgan fingerprint density at radius 3 is 2.93 bits per heavy atom. The maximum Gasteiger partial charge on any atom is 0.259 e. The minimum atomic E-state index is -0.221. The van der Waals surface area contributed by atoms with Crippen LogP contribution in [-0.4, -0.2) is 27.2 Å². The van der Waals surface area contributed by atoms with Gasteiger partial charge in [-0.15, -0.1) is 23.1 Å². The van der Waals surface area contributed by atoms with Crippen LogP contribution in [0.2, 0.25) is 0 Å². The van der Waals surface area contributed by atoms with Gasteiger partial charge in [-0.1, -0.05) is 18.2 Å². The molecule has 0 saturated carbocycles. The van der Waals surface area contributed by atoms with Crippen LogP contribution in [0.3, 0.4) is 0 Å². The lowest BCUT2D eigenvalue weighted by Crippen LogP contribution is -2.40. The van der Waals surface area contributed by atoms with Crippen molar-refractivity contribution in [3.63, 3.8) is 0 Å². The maximum absolute atomic E-state index is 13.1. The fraction of sp³-hybridized carbons (Fsp3) is 0.381. The molecule has 3 heterocycles. The molecule has 0 spiro atoms.